The fraction of sp³-hybridized carbons (Fsp3) is 0.897. The Morgan fingerprint density at radius 2 is 1.06 bits per heavy atom. The van der Waals surface area contributed by atoms with Crippen LogP contribution in [0.5, 0.6) is 0 Å². The summed E-state index contributed by atoms with van der Waals surface area (Å²) in [5, 5.41) is 71.5. The van der Waals surface area contributed by atoms with Crippen LogP contribution >= 0.6 is 0 Å². The summed E-state index contributed by atoms with van der Waals surface area (Å²) < 4.78 is 33.2. The molecular formula is C39H70O15. The van der Waals surface area contributed by atoms with Gasteiger partial charge in [0.25, 0.3) is 0 Å². The maximum Gasteiger partial charge on any atom is 0.306 e. The first-order valence-electron chi connectivity index (χ1n) is 20.3. The van der Waals surface area contributed by atoms with Gasteiger partial charge in [-0.05, 0) is 38.5 Å². The van der Waals surface area contributed by atoms with Crippen molar-refractivity contribution in [1.29, 1.82) is 0 Å². The van der Waals surface area contributed by atoms with Crippen molar-refractivity contribution in [2.45, 2.75) is 197 Å². The van der Waals surface area contributed by atoms with Crippen molar-refractivity contribution >= 4 is 11.9 Å². The Morgan fingerprint density at radius 1 is 0.574 bits per heavy atom. The zero-order valence-corrected chi connectivity index (χ0v) is 32.5. The third kappa shape index (κ3) is 18.5. The average Bonchev–Trinajstić information content (AvgIpc) is 3.16. The molecule has 11 atom stereocenters. The molecule has 54 heavy (non-hydrogen) atoms. The topological polar surface area (TPSA) is 231 Å². The first-order chi connectivity index (χ1) is 26.0. The van der Waals surface area contributed by atoms with Gasteiger partial charge in [-0.15, -0.1) is 0 Å². The SMILES string of the molecule is CCCCC/C=C\CCCCCCCC(=O)OC(COC(=O)CCCCCCCC)COC1OC(COC2OC(CO)C(O)C(O)C2O)C(O)C(O)C1O. The summed E-state index contributed by atoms with van der Waals surface area (Å²) in [6.45, 7) is 2.44. The van der Waals surface area contributed by atoms with Crippen LogP contribution in [0.2, 0.25) is 0 Å². The van der Waals surface area contributed by atoms with Crippen LogP contribution in [-0.4, -0.2) is 142 Å². The first-order valence-corrected chi connectivity index (χ1v) is 20.3. The van der Waals surface area contributed by atoms with E-state index >= 15 is 0 Å². The highest BCUT2D eigenvalue weighted by Gasteiger charge is 2.47. The summed E-state index contributed by atoms with van der Waals surface area (Å²) >= 11 is 0. The molecule has 2 saturated heterocycles. The Hall–Kier alpha value is -1.76. The quantitative estimate of drug-likeness (QED) is 0.0329. The zero-order chi connectivity index (χ0) is 39.7. The van der Waals surface area contributed by atoms with Crippen molar-refractivity contribution in [2.75, 3.05) is 26.4 Å². The molecule has 0 saturated carbocycles. The number of hydrogen-bond donors (Lipinski definition) is 7. The van der Waals surface area contributed by atoms with Crippen molar-refractivity contribution in [2.24, 2.45) is 0 Å². The zero-order valence-electron chi connectivity index (χ0n) is 32.5. The minimum absolute atomic E-state index is 0.157. The number of hydrogen-bond acceptors (Lipinski definition) is 15. The van der Waals surface area contributed by atoms with E-state index in [1.165, 1.54) is 19.3 Å². The van der Waals surface area contributed by atoms with Crippen molar-refractivity contribution in [3.63, 3.8) is 0 Å². The van der Waals surface area contributed by atoms with Crippen LogP contribution in [0.25, 0.3) is 0 Å². The van der Waals surface area contributed by atoms with Gasteiger partial charge in [0.05, 0.1) is 19.8 Å². The second-order valence-corrected chi connectivity index (χ2v) is 14.5. The number of aliphatic hydroxyl groups is 7. The molecule has 2 aliphatic heterocycles. The second-order valence-electron chi connectivity index (χ2n) is 14.5. The van der Waals surface area contributed by atoms with E-state index in [4.69, 9.17) is 28.4 Å². The van der Waals surface area contributed by atoms with Gasteiger partial charge in [-0.3, -0.25) is 9.59 Å². The smallest absolute Gasteiger partial charge is 0.306 e. The fourth-order valence-electron chi connectivity index (χ4n) is 6.27. The van der Waals surface area contributed by atoms with Crippen molar-refractivity contribution in [3.8, 4) is 0 Å². The summed E-state index contributed by atoms with van der Waals surface area (Å²) in [7, 11) is 0. The summed E-state index contributed by atoms with van der Waals surface area (Å²) in [5.74, 6) is -0.947. The lowest BCUT2D eigenvalue weighted by atomic mass is 9.98. The summed E-state index contributed by atoms with van der Waals surface area (Å²) in [6, 6.07) is 0. The lowest BCUT2D eigenvalue weighted by Crippen LogP contribution is -2.61. The van der Waals surface area contributed by atoms with Gasteiger partial charge in [0.1, 0.15) is 55.4 Å². The third-order valence-electron chi connectivity index (χ3n) is 9.74. The monoisotopic (exact) mass is 778 g/mol. The Labute approximate surface area is 320 Å². The van der Waals surface area contributed by atoms with Crippen LogP contribution in [-0.2, 0) is 38.0 Å². The Kier molecular flexibility index (Phi) is 25.6. The van der Waals surface area contributed by atoms with Crippen LogP contribution in [0.3, 0.4) is 0 Å². The number of ether oxygens (including phenoxy) is 6. The molecule has 0 amide bonds. The van der Waals surface area contributed by atoms with Crippen molar-refractivity contribution < 1.29 is 73.8 Å². The number of aliphatic hydroxyl groups excluding tert-OH is 7. The highest BCUT2D eigenvalue weighted by atomic mass is 16.7. The van der Waals surface area contributed by atoms with Gasteiger partial charge in [-0.25, -0.2) is 0 Å². The molecule has 0 aromatic heterocycles. The van der Waals surface area contributed by atoms with Crippen LogP contribution in [0.1, 0.15) is 129 Å². The normalized spacial score (nSPS) is 29.4. The highest BCUT2D eigenvalue weighted by molar-refractivity contribution is 5.70. The molecule has 0 aliphatic carbocycles. The average molecular weight is 779 g/mol. The number of rotatable bonds is 29. The molecule has 0 spiro atoms. The third-order valence-corrected chi connectivity index (χ3v) is 9.74. The van der Waals surface area contributed by atoms with Gasteiger partial charge >= 0.3 is 11.9 Å². The van der Waals surface area contributed by atoms with E-state index in [-0.39, 0.29) is 26.1 Å². The molecule has 316 valence electrons. The predicted octanol–water partition coefficient (Wildman–Crippen LogP) is 2.70. The maximum absolute atomic E-state index is 12.8. The second kappa shape index (κ2) is 28.6. The van der Waals surface area contributed by atoms with Gasteiger partial charge < -0.3 is 64.2 Å². The number of carbonyl (C=O) groups is 2. The van der Waals surface area contributed by atoms with E-state index < -0.39 is 92.7 Å². The lowest BCUT2D eigenvalue weighted by molar-refractivity contribution is -0.332. The molecule has 11 unspecified atom stereocenters. The van der Waals surface area contributed by atoms with E-state index in [1.807, 2.05) is 0 Å². The Morgan fingerprint density at radius 3 is 1.67 bits per heavy atom. The molecule has 15 heteroatoms. The molecule has 0 aromatic rings. The molecule has 2 rings (SSSR count). The summed E-state index contributed by atoms with van der Waals surface area (Å²) in [4.78, 5) is 25.3. The minimum atomic E-state index is -1.76. The van der Waals surface area contributed by atoms with Crippen LogP contribution in [0.15, 0.2) is 12.2 Å². The standard InChI is InChI=1S/C39H70O15/c1-3-5-7-9-11-12-13-14-15-16-18-20-22-31(42)52-27(24-49-30(41)21-19-17-10-8-6-4-2)25-50-38-37(48)35(46)33(44)29(54-38)26-51-39-36(47)34(45)32(43)28(23-40)53-39/h11-12,27-29,32-40,43-48H,3-10,13-26H2,1-2H3/b12-11-. The van der Waals surface area contributed by atoms with E-state index in [9.17, 15) is 45.3 Å². The van der Waals surface area contributed by atoms with Crippen molar-refractivity contribution in [1.82, 2.24) is 0 Å². The molecule has 7 N–H and O–H groups in total. The van der Waals surface area contributed by atoms with E-state index in [2.05, 4.69) is 26.0 Å². The van der Waals surface area contributed by atoms with Gasteiger partial charge in [-0.2, -0.15) is 0 Å². The van der Waals surface area contributed by atoms with Gasteiger partial charge in [0, 0.05) is 12.8 Å². The molecule has 15 nitrogen and oxygen atoms in total. The summed E-state index contributed by atoms with van der Waals surface area (Å²) in [5.41, 5.74) is 0. The van der Waals surface area contributed by atoms with E-state index in [0.717, 1.165) is 70.6 Å². The van der Waals surface area contributed by atoms with Crippen LogP contribution in [0, 0.1) is 0 Å². The fourth-order valence-corrected chi connectivity index (χ4v) is 6.27. The predicted molar refractivity (Wildman–Crippen MR) is 197 cm³/mol. The Bertz CT molecular complexity index is 1010. The van der Waals surface area contributed by atoms with Gasteiger partial charge in [0.2, 0.25) is 0 Å². The van der Waals surface area contributed by atoms with Crippen LogP contribution < -0.4 is 0 Å². The van der Waals surface area contributed by atoms with Crippen molar-refractivity contribution in [3.05, 3.63) is 12.2 Å². The lowest BCUT2D eigenvalue weighted by Gasteiger charge is -2.42. The van der Waals surface area contributed by atoms with Crippen LogP contribution in [0.4, 0.5) is 0 Å². The number of esters is 2. The Balaban J connectivity index is 1.89. The molecule has 2 fully saturated rings. The molecule has 2 heterocycles. The number of unbranched alkanes of at least 4 members (excludes halogenated alkanes) is 13. The van der Waals surface area contributed by atoms with Gasteiger partial charge in [-0.1, -0.05) is 90.2 Å². The highest BCUT2D eigenvalue weighted by Crippen LogP contribution is 2.26. The molecule has 0 aromatic carbocycles. The number of carbonyl (C=O) groups excluding carboxylic acids is 2. The number of allylic oxidation sites excluding steroid dienone is 2. The molecule has 0 bridgehead atoms. The van der Waals surface area contributed by atoms with E-state index in [1.54, 1.807) is 0 Å². The maximum atomic E-state index is 12.8. The van der Waals surface area contributed by atoms with E-state index in [0.29, 0.717) is 12.8 Å². The first kappa shape index (κ1) is 48.4. The minimum Gasteiger partial charge on any atom is -0.462 e. The van der Waals surface area contributed by atoms with Gasteiger partial charge in [0.15, 0.2) is 18.7 Å². The molecule has 0 radical (unpaired) electrons. The molecular weight excluding hydrogens is 708 g/mol. The summed E-state index contributed by atoms with van der Waals surface area (Å²) in [6.07, 6.45) is 4.53. The molecule has 2 aliphatic rings. The largest absolute Gasteiger partial charge is 0.462 e.